The van der Waals surface area contributed by atoms with Crippen LogP contribution in [0.2, 0.25) is 0 Å². The predicted octanol–water partition coefficient (Wildman–Crippen LogP) is 2.31. The van der Waals surface area contributed by atoms with E-state index in [1.54, 1.807) is 0 Å². The van der Waals surface area contributed by atoms with Crippen molar-refractivity contribution in [1.29, 1.82) is 5.26 Å². The van der Waals surface area contributed by atoms with Crippen molar-refractivity contribution < 1.29 is 4.79 Å². The fourth-order valence-electron chi connectivity index (χ4n) is 3.66. The third-order valence-corrected chi connectivity index (χ3v) is 4.47. The number of nitrogens with one attached hydrogen (secondary N) is 1. The Morgan fingerprint density at radius 2 is 2.00 bits per heavy atom. The highest BCUT2D eigenvalue weighted by atomic mass is 16.2. The summed E-state index contributed by atoms with van der Waals surface area (Å²) in [6, 6.07) is 3.44. The molecular formula is C16H27N3O. The molecule has 4 nitrogen and oxygen atoms in total. The van der Waals surface area contributed by atoms with Crippen LogP contribution in [0.4, 0.5) is 0 Å². The average molecular weight is 277 g/mol. The van der Waals surface area contributed by atoms with Crippen LogP contribution in [0.3, 0.4) is 0 Å². The predicted molar refractivity (Wildman–Crippen MR) is 78.9 cm³/mol. The third kappa shape index (κ3) is 4.21. The van der Waals surface area contributed by atoms with Crippen LogP contribution in [0.15, 0.2) is 0 Å². The van der Waals surface area contributed by atoms with Gasteiger partial charge in [-0.05, 0) is 37.5 Å². The van der Waals surface area contributed by atoms with Crippen molar-refractivity contribution in [3.8, 4) is 6.07 Å². The maximum Gasteiger partial charge on any atom is 0.222 e. The molecule has 1 amide bonds. The smallest absolute Gasteiger partial charge is 0.222 e. The molecule has 20 heavy (non-hydrogen) atoms. The van der Waals surface area contributed by atoms with Crippen molar-refractivity contribution in [2.75, 3.05) is 13.1 Å². The molecule has 1 N–H and O–H groups in total. The fraction of sp³-hybridized carbons (Fsp3) is 0.875. The number of hydrogen-bond acceptors (Lipinski definition) is 3. The molecule has 2 atom stereocenters. The second-order valence-corrected chi connectivity index (χ2v) is 6.82. The van der Waals surface area contributed by atoms with Crippen molar-refractivity contribution >= 4 is 5.91 Å². The molecule has 0 aromatic rings. The van der Waals surface area contributed by atoms with Crippen molar-refractivity contribution in [2.45, 2.75) is 64.5 Å². The summed E-state index contributed by atoms with van der Waals surface area (Å²) in [4.78, 5) is 14.4. The van der Waals surface area contributed by atoms with Crippen molar-refractivity contribution in [1.82, 2.24) is 10.2 Å². The molecular weight excluding hydrogens is 250 g/mol. The van der Waals surface area contributed by atoms with Gasteiger partial charge < -0.3 is 10.2 Å². The molecule has 0 radical (unpaired) electrons. The molecule has 0 saturated carbocycles. The number of amides is 1. The monoisotopic (exact) mass is 277 g/mol. The van der Waals surface area contributed by atoms with E-state index in [4.69, 9.17) is 5.26 Å². The lowest BCUT2D eigenvalue weighted by molar-refractivity contribution is -0.133. The number of fused-ring (bicyclic) bond motifs is 2. The second-order valence-electron chi connectivity index (χ2n) is 6.82. The van der Waals surface area contributed by atoms with E-state index in [2.05, 4.69) is 25.2 Å². The molecule has 2 unspecified atom stereocenters. The molecule has 2 aliphatic rings. The van der Waals surface area contributed by atoms with Crippen LogP contribution >= 0.6 is 0 Å². The Balaban J connectivity index is 1.85. The van der Waals surface area contributed by atoms with E-state index >= 15 is 0 Å². The zero-order valence-electron chi connectivity index (χ0n) is 12.8. The number of nitriles is 1. The first-order valence-corrected chi connectivity index (χ1v) is 7.99. The van der Waals surface area contributed by atoms with Gasteiger partial charge in [0.2, 0.25) is 5.91 Å². The highest BCUT2D eigenvalue weighted by molar-refractivity contribution is 5.76. The summed E-state index contributed by atoms with van der Waals surface area (Å²) in [6.45, 7) is 5.61. The van der Waals surface area contributed by atoms with Gasteiger partial charge in [0.1, 0.15) is 0 Å². The topological polar surface area (TPSA) is 56.1 Å². The summed E-state index contributed by atoms with van der Waals surface area (Å²) in [6.07, 6.45) is 5.97. The van der Waals surface area contributed by atoms with Gasteiger partial charge in [-0.2, -0.15) is 5.26 Å². The first-order chi connectivity index (χ1) is 9.58. The Labute approximate surface area is 122 Å². The molecule has 2 bridgehead atoms. The lowest BCUT2D eigenvalue weighted by atomic mass is 9.89. The summed E-state index contributed by atoms with van der Waals surface area (Å²) < 4.78 is 0. The van der Waals surface area contributed by atoms with Crippen LogP contribution in [-0.4, -0.2) is 36.0 Å². The minimum atomic E-state index is 0.250. The van der Waals surface area contributed by atoms with E-state index < -0.39 is 0 Å². The van der Waals surface area contributed by atoms with E-state index in [9.17, 15) is 4.79 Å². The van der Waals surface area contributed by atoms with E-state index in [0.29, 0.717) is 43.3 Å². The number of carbonyl (C=O) groups is 1. The van der Waals surface area contributed by atoms with Crippen LogP contribution in [0, 0.1) is 23.2 Å². The van der Waals surface area contributed by atoms with Crippen molar-refractivity contribution in [3.05, 3.63) is 0 Å². The van der Waals surface area contributed by atoms with Gasteiger partial charge in [0.25, 0.3) is 0 Å². The molecule has 4 heteroatoms. The molecule has 0 spiro atoms. The maximum atomic E-state index is 12.5. The van der Waals surface area contributed by atoms with Gasteiger partial charge in [0, 0.05) is 31.6 Å². The average Bonchev–Trinajstić information content (AvgIpc) is 2.73. The Hall–Kier alpha value is -1.08. The number of carbonyl (C=O) groups excluding carboxylic acids is 1. The minimum absolute atomic E-state index is 0.250. The second kappa shape index (κ2) is 7.08. The Bertz CT molecular complexity index is 362. The van der Waals surface area contributed by atoms with E-state index in [1.165, 1.54) is 12.8 Å². The molecule has 2 saturated heterocycles. The van der Waals surface area contributed by atoms with Crippen molar-refractivity contribution in [2.24, 2.45) is 11.8 Å². The Kier molecular flexibility index (Phi) is 5.42. The van der Waals surface area contributed by atoms with Crippen molar-refractivity contribution in [3.63, 3.8) is 0 Å². The number of rotatable bonds is 6. The molecule has 2 rings (SSSR count). The molecule has 2 aliphatic heterocycles. The molecule has 0 aromatic heterocycles. The normalized spacial score (nSPS) is 28.4. The summed E-state index contributed by atoms with van der Waals surface area (Å²) in [5.74, 6) is 1.25. The first kappa shape index (κ1) is 15.3. The van der Waals surface area contributed by atoms with Gasteiger partial charge in [0.05, 0.1) is 12.5 Å². The minimum Gasteiger partial charge on any atom is -0.341 e. The van der Waals surface area contributed by atoms with Crippen LogP contribution < -0.4 is 5.32 Å². The van der Waals surface area contributed by atoms with Crippen LogP contribution in [0.25, 0.3) is 0 Å². The van der Waals surface area contributed by atoms with Gasteiger partial charge in [-0.1, -0.05) is 13.8 Å². The molecule has 2 heterocycles. The zero-order chi connectivity index (χ0) is 14.5. The lowest BCUT2D eigenvalue weighted by Crippen LogP contribution is -2.41. The molecule has 112 valence electrons. The lowest BCUT2D eigenvalue weighted by Gasteiger charge is -2.31. The third-order valence-electron chi connectivity index (χ3n) is 4.47. The van der Waals surface area contributed by atoms with Crippen LogP contribution in [-0.2, 0) is 4.79 Å². The fourth-order valence-corrected chi connectivity index (χ4v) is 3.66. The number of nitrogens with zero attached hydrogens (tertiary/aromatic N) is 2. The number of piperidine rings is 1. The van der Waals surface area contributed by atoms with Gasteiger partial charge in [0.15, 0.2) is 0 Å². The van der Waals surface area contributed by atoms with Crippen LogP contribution in [0.5, 0.6) is 0 Å². The highest BCUT2D eigenvalue weighted by Gasteiger charge is 2.34. The van der Waals surface area contributed by atoms with Gasteiger partial charge >= 0.3 is 0 Å². The molecule has 2 fully saturated rings. The first-order valence-electron chi connectivity index (χ1n) is 7.99. The maximum absolute atomic E-state index is 12.5. The van der Waals surface area contributed by atoms with E-state index in [1.807, 2.05) is 4.90 Å². The highest BCUT2D eigenvalue weighted by Crippen LogP contribution is 2.33. The summed E-state index contributed by atoms with van der Waals surface area (Å²) >= 11 is 0. The van der Waals surface area contributed by atoms with E-state index in [0.717, 1.165) is 19.4 Å². The SMILES string of the molecule is CC(C)CN(CCC#N)C(=O)CC1CC2CCC(C1)N2. The summed E-state index contributed by atoms with van der Waals surface area (Å²) in [5.41, 5.74) is 0. The molecule has 0 aromatic carbocycles. The van der Waals surface area contributed by atoms with E-state index in [-0.39, 0.29) is 5.91 Å². The zero-order valence-corrected chi connectivity index (χ0v) is 12.8. The summed E-state index contributed by atoms with van der Waals surface area (Å²) in [5, 5.41) is 12.4. The molecule has 0 aliphatic carbocycles. The standard InChI is InChI=1S/C16H27N3O/c1-12(2)11-19(7-3-6-17)16(20)10-13-8-14-4-5-15(9-13)18-14/h12-15,18H,3-5,7-11H2,1-2H3. The van der Waals surface area contributed by atoms with Crippen LogP contribution in [0.1, 0.15) is 52.4 Å². The Morgan fingerprint density at radius 3 is 2.55 bits per heavy atom. The number of hydrogen-bond donors (Lipinski definition) is 1. The van der Waals surface area contributed by atoms with Gasteiger partial charge in [-0.15, -0.1) is 0 Å². The quantitative estimate of drug-likeness (QED) is 0.810. The van der Waals surface area contributed by atoms with Gasteiger partial charge in [-0.3, -0.25) is 4.79 Å². The summed E-state index contributed by atoms with van der Waals surface area (Å²) in [7, 11) is 0. The van der Waals surface area contributed by atoms with Gasteiger partial charge in [-0.25, -0.2) is 0 Å². The largest absolute Gasteiger partial charge is 0.341 e. The Morgan fingerprint density at radius 1 is 1.35 bits per heavy atom.